The van der Waals surface area contributed by atoms with Gasteiger partial charge >= 0.3 is 11.9 Å². The van der Waals surface area contributed by atoms with Crippen LogP contribution >= 0.6 is 11.8 Å². The molecule has 0 spiro atoms. The average Bonchev–Trinajstić information content (AvgIpc) is 2.54. The van der Waals surface area contributed by atoms with E-state index in [0.29, 0.717) is 10.5 Å². The van der Waals surface area contributed by atoms with Crippen LogP contribution in [0.4, 0.5) is 0 Å². The lowest BCUT2D eigenvalue weighted by molar-refractivity contribution is -0.145. The van der Waals surface area contributed by atoms with E-state index in [0.717, 1.165) is 4.90 Å². The van der Waals surface area contributed by atoms with Gasteiger partial charge in [0.1, 0.15) is 0 Å². The van der Waals surface area contributed by atoms with Gasteiger partial charge in [-0.25, -0.2) is 4.79 Å². The lowest BCUT2D eigenvalue weighted by Gasteiger charge is -2.11. The van der Waals surface area contributed by atoms with Gasteiger partial charge in [0.25, 0.3) is 0 Å². The number of carbonyl (C=O) groups is 2. The maximum atomic E-state index is 12.3. The molecule has 23 heavy (non-hydrogen) atoms. The molecule has 0 aliphatic heterocycles. The van der Waals surface area contributed by atoms with E-state index in [1.54, 1.807) is 13.8 Å². The van der Waals surface area contributed by atoms with Crippen molar-refractivity contribution in [3.05, 3.63) is 53.0 Å². The van der Waals surface area contributed by atoms with Crippen LogP contribution in [0.15, 0.2) is 57.9 Å². The Labute approximate surface area is 141 Å². The summed E-state index contributed by atoms with van der Waals surface area (Å²) < 4.78 is 10.1. The Morgan fingerprint density at radius 1 is 1.09 bits per heavy atom. The van der Waals surface area contributed by atoms with Crippen LogP contribution in [0.1, 0.15) is 27.2 Å². The SMILES string of the molecule is CC=CC(Sc1ccccc1)=C(CC(=O)OCC)C(=O)OCC. The van der Waals surface area contributed by atoms with Crippen LogP contribution in [0.25, 0.3) is 0 Å². The van der Waals surface area contributed by atoms with Gasteiger partial charge in [-0.15, -0.1) is 0 Å². The standard InChI is InChI=1S/C18H22O4S/c1-4-10-16(23-14-11-8-7-9-12-14)15(18(20)22-6-3)13-17(19)21-5-2/h4,7-12H,5-6,13H2,1-3H3. The van der Waals surface area contributed by atoms with Crippen molar-refractivity contribution in [2.45, 2.75) is 32.1 Å². The van der Waals surface area contributed by atoms with Crippen LogP contribution in [0.5, 0.6) is 0 Å². The average molecular weight is 334 g/mol. The minimum absolute atomic E-state index is 0.105. The summed E-state index contributed by atoms with van der Waals surface area (Å²) in [4.78, 5) is 25.7. The Bertz CT molecular complexity index is 576. The summed E-state index contributed by atoms with van der Waals surface area (Å²) in [5, 5.41) is 0. The van der Waals surface area contributed by atoms with Crippen LogP contribution in [-0.4, -0.2) is 25.2 Å². The van der Waals surface area contributed by atoms with Gasteiger partial charge in [0.05, 0.1) is 25.2 Å². The Hall–Kier alpha value is -2.01. The van der Waals surface area contributed by atoms with Gasteiger partial charge in [0, 0.05) is 9.80 Å². The molecule has 0 atom stereocenters. The number of rotatable bonds is 8. The summed E-state index contributed by atoms with van der Waals surface area (Å²) in [5.74, 6) is -0.927. The number of ether oxygens (including phenoxy) is 2. The molecule has 5 heteroatoms. The molecule has 4 nitrogen and oxygen atoms in total. The monoisotopic (exact) mass is 334 g/mol. The molecule has 0 N–H and O–H groups in total. The molecule has 0 radical (unpaired) electrons. The number of esters is 2. The third-order valence-electron chi connectivity index (χ3n) is 2.73. The maximum Gasteiger partial charge on any atom is 0.335 e. The van der Waals surface area contributed by atoms with Crippen LogP contribution in [0.3, 0.4) is 0 Å². The molecular formula is C18H22O4S. The molecule has 1 rings (SSSR count). The predicted molar refractivity (Wildman–Crippen MR) is 92.0 cm³/mol. The van der Waals surface area contributed by atoms with Crippen molar-refractivity contribution in [1.82, 2.24) is 0 Å². The van der Waals surface area contributed by atoms with Crippen LogP contribution < -0.4 is 0 Å². The summed E-state index contributed by atoms with van der Waals surface area (Å²) in [6.07, 6.45) is 3.53. The normalized spacial score (nSPS) is 12.0. The molecule has 0 heterocycles. The lowest BCUT2D eigenvalue weighted by atomic mass is 10.1. The summed E-state index contributed by atoms with van der Waals surface area (Å²) in [6.45, 7) is 5.86. The molecule has 0 aliphatic rings. The van der Waals surface area contributed by atoms with Crippen molar-refractivity contribution >= 4 is 23.7 Å². The molecule has 0 aliphatic carbocycles. The van der Waals surface area contributed by atoms with Gasteiger partial charge in [0.15, 0.2) is 0 Å². The molecule has 0 saturated carbocycles. The van der Waals surface area contributed by atoms with Gasteiger partial charge in [-0.3, -0.25) is 4.79 Å². The number of benzene rings is 1. The largest absolute Gasteiger partial charge is 0.466 e. The number of allylic oxidation sites excluding steroid dienone is 2. The first kappa shape index (κ1) is 19.0. The number of hydrogen-bond donors (Lipinski definition) is 0. The van der Waals surface area contributed by atoms with Gasteiger partial charge in [-0.2, -0.15) is 0 Å². The highest BCUT2D eigenvalue weighted by Crippen LogP contribution is 2.31. The quantitative estimate of drug-likeness (QED) is 0.310. The molecule has 0 saturated heterocycles. The second-order valence-corrected chi connectivity index (χ2v) is 5.58. The fourth-order valence-corrected chi connectivity index (χ4v) is 2.83. The van der Waals surface area contributed by atoms with Crippen molar-refractivity contribution < 1.29 is 19.1 Å². The Morgan fingerprint density at radius 3 is 2.30 bits per heavy atom. The van der Waals surface area contributed by atoms with Crippen LogP contribution in [0.2, 0.25) is 0 Å². The Balaban J connectivity index is 3.17. The molecule has 0 amide bonds. The lowest BCUT2D eigenvalue weighted by Crippen LogP contribution is -2.15. The summed E-state index contributed by atoms with van der Waals surface area (Å²) >= 11 is 1.42. The fourth-order valence-electron chi connectivity index (χ4n) is 1.80. The zero-order valence-electron chi connectivity index (χ0n) is 13.7. The Kier molecular flexibility index (Phi) is 8.83. The smallest absolute Gasteiger partial charge is 0.335 e. The van der Waals surface area contributed by atoms with Crippen molar-refractivity contribution in [1.29, 1.82) is 0 Å². The predicted octanol–water partition coefficient (Wildman–Crippen LogP) is 4.13. The fraction of sp³-hybridized carbons (Fsp3) is 0.333. The van der Waals surface area contributed by atoms with Crippen molar-refractivity contribution in [3.8, 4) is 0 Å². The molecule has 0 unspecified atom stereocenters. The highest BCUT2D eigenvalue weighted by atomic mass is 32.2. The van der Waals surface area contributed by atoms with E-state index in [-0.39, 0.29) is 19.6 Å². The van der Waals surface area contributed by atoms with E-state index in [1.165, 1.54) is 11.8 Å². The topological polar surface area (TPSA) is 52.6 Å². The molecule has 124 valence electrons. The third kappa shape index (κ3) is 6.74. The zero-order valence-corrected chi connectivity index (χ0v) is 14.5. The molecule has 1 aromatic carbocycles. The zero-order chi connectivity index (χ0) is 17.1. The molecule has 1 aromatic rings. The first-order valence-corrected chi connectivity index (χ1v) is 8.35. The summed E-state index contributed by atoms with van der Waals surface area (Å²) in [5.41, 5.74) is 0.317. The van der Waals surface area contributed by atoms with Crippen LogP contribution in [0, 0.1) is 0 Å². The minimum atomic E-state index is -0.489. The van der Waals surface area contributed by atoms with E-state index in [2.05, 4.69) is 0 Å². The number of carbonyl (C=O) groups excluding carboxylic acids is 2. The highest BCUT2D eigenvalue weighted by molar-refractivity contribution is 8.03. The second-order valence-electron chi connectivity index (χ2n) is 4.46. The number of hydrogen-bond acceptors (Lipinski definition) is 5. The Morgan fingerprint density at radius 2 is 1.74 bits per heavy atom. The summed E-state index contributed by atoms with van der Waals surface area (Å²) in [6, 6.07) is 9.66. The second kappa shape index (κ2) is 10.7. The van der Waals surface area contributed by atoms with E-state index >= 15 is 0 Å². The van der Waals surface area contributed by atoms with E-state index < -0.39 is 11.9 Å². The first-order chi connectivity index (χ1) is 11.1. The van der Waals surface area contributed by atoms with Gasteiger partial charge in [-0.05, 0) is 32.9 Å². The maximum absolute atomic E-state index is 12.3. The molecule has 0 fully saturated rings. The van der Waals surface area contributed by atoms with E-state index in [4.69, 9.17) is 9.47 Å². The minimum Gasteiger partial charge on any atom is -0.466 e. The third-order valence-corrected chi connectivity index (χ3v) is 3.85. The highest BCUT2D eigenvalue weighted by Gasteiger charge is 2.20. The molecular weight excluding hydrogens is 312 g/mol. The molecule has 0 aromatic heterocycles. The van der Waals surface area contributed by atoms with Gasteiger partial charge < -0.3 is 9.47 Å². The number of thioether (sulfide) groups is 1. The van der Waals surface area contributed by atoms with Crippen LogP contribution in [-0.2, 0) is 19.1 Å². The van der Waals surface area contributed by atoms with Gasteiger partial charge in [0.2, 0.25) is 0 Å². The van der Waals surface area contributed by atoms with Crippen molar-refractivity contribution in [3.63, 3.8) is 0 Å². The van der Waals surface area contributed by atoms with E-state index in [9.17, 15) is 9.59 Å². The van der Waals surface area contributed by atoms with Crippen molar-refractivity contribution in [2.24, 2.45) is 0 Å². The van der Waals surface area contributed by atoms with E-state index in [1.807, 2.05) is 49.4 Å². The summed E-state index contributed by atoms with van der Waals surface area (Å²) in [7, 11) is 0. The first-order valence-electron chi connectivity index (χ1n) is 7.53. The molecule has 0 bridgehead atoms. The van der Waals surface area contributed by atoms with Gasteiger partial charge in [-0.1, -0.05) is 42.1 Å². The van der Waals surface area contributed by atoms with Crippen molar-refractivity contribution in [2.75, 3.05) is 13.2 Å².